The number of rotatable bonds is 6. The molecule has 10 heteroatoms. The lowest BCUT2D eigenvalue weighted by molar-refractivity contribution is -0.131. The van der Waals surface area contributed by atoms with Crippen LogP contribution in [0.5, 0.6) is 0 Å². The maximum atomic E-state index is 12.9. The first-order valence-corrected chi connectivity index (χ1v) is 12.2. The van der Waals surface area contributed by atoms with Crippen molar-refractivity contribution in [3.8, 4) is 0 Å². The average Bonchev–Trinajstić information content (AvgIpc) is 3.46. The molecule has 1 atom stereocenters. The zero-order chi connectivity index (χ0) is 20.9. The molecule has 0 unspecified atom stereocenters. The second-order valence-corrected chi connectivity index (χ2v) is 10.3. The van der Waals surface area contributed by atoms with Gasteiger partial charge in [-0.05, 0) is 31.9 Å². The van der Waals surface area contributed by atoms with E-state index in [0.29, 0.717) is 38.0 Å². The summed E-state index contributed by atoms with van der Waals surface area (Å²) in [4.78, 5) is 28.8. The van der Waals surface area contributed by atoms with Gasteiger partial charge in [0.1, 0.15) is 0 Å². The van der Waals surface area contributed by atoms with Gasteiger partial charge < -0.3 is 19.5 Å². The number of hydrogen-bond donors (Lipinski definition) is 1. The second-order valence-electron chi connectivity index (χ2n) is 7.71. The van der Waals surface area contributed by atoms with E-state index in [-0.39, 0.29) is 17.1 Å². The van der Waals surface area contributed by atoms with Crippen molar-refractivity contribution in [1.29, 1.82) is 0 Å². The third-order valence-corrected chi connectivity index (χ3v) is 7.60. The Morgan fingerprint density at radius 3 is 2.60 bits per heavy atom. The molecule has 2 aliphatic rings. The van der Waals surface area contributed by atoms with Crippen molar-refractivity contribution >= 4 is 40.0 Å². The molecule has 2 amide bonds. The number of piperazine rings is 1. The second kappa shape index (κ2) is 9.82. The first kappa shape index (κ1) is 21.2. The minimum absolute atomic E-state index is 0.0714. The lowest BCUT2D eigenvalue weighted by atomic mass is 9.96. The maximum Gasteiger partial charge on any atom is 0.289 e. The summed E-state index contributed by atoms with van der Waals surface area (Å²) in [5.74, 6) is 0.288. The molecule has 2 aromatic heterocycles. The van der Waals surface area contributed by atoms with Gasteiger partial charge in [-0.2, -0.15) is 0 Å². The molecule has 0 spiro atoms. The molecule has 0 bridgehead atoms. The molecule has 2 aromatic rings. The highest BCUT2D eigenvalue weighted by Crippen LogP contribution is 2.31. The summed E-state index contributed by atoms with van der Waals surface area (Å²) in [7, 11) is 0. The van der Waals surface area contributed by atoms with Gasteiger partial charge in [-0.25, -0.2) is 0 Å². The Bertz CT molecular complexity index is 843. The van der Waals surface area contributed by atoms with Crippen LogP contribution < -0.4 is 5.32 Å². The van der Waals surface area contributed by atoms with E-state index in [9.17, 15) is 9.59 Å². The van der Waals surface area contributed by atoms with Gasteiger partial charge in [-0.3, -0.25) is 9.59 Å². The molecule has 2 fully saturated rings. The Kier molecular flexibility index (Phi) is 6.93. The van der Waals surface area contributed by atoms with Crippen LogP contribution in [-0.2, 0) is 4.79 Å². The van der Waals surface area contributed by atoms with Crippen molar-refractivity contribution in [2.24, 2.45) is 0 Å². The molecule has 1 N–H and O–H groups in total. The van der Waals surface area contributed by atoms with Crippen molar-refractivity contribution in [1.82, 2.24) is 20.0 Å². The molecule has 1 saturated carbocycles. The van der Waals surface area contributed by atoms with Crippen LogP contribution in [0.25, 0.3) is 0 Å². The molecule has 3 heterocycles. The molecule has 1 aliphatic heterocycles. The monoisotopic (exact) mass is 449 g/mol. The zero-order valence-corrected chi connectivity index (χ0v) is 18.7. The van der Waals surface area contributed by atoms with Gasteiger partial charge in [0.15, 0.2) is 10.1 Å². The zero-order valence-electron chi connectivity index (χ0n) is 17.1. The molecular weight excluding hydrogens is 422 g/mol. The largest absolute Gasteiger partial charge is 0.459 e. The van der Waals surface area contributed by atoms with Gasteiger partial charge in [-0.1, -0.05) is 42.4 Å². The van der Waals surface area contributed by atoms with Crippen LogP contribution in [-0.4, -0.2) is 69.3 Å². The fourth-order valence-electron chi connectivity index (χ4n) is 3.88. The van der Waals surface area contributed by atoms with E-state index in [1.165, 1.54) is 61.5 Å². The third-order valence-electron chi connectivity index (χ3n) is 5.58. The summed E-state index contributed by atoms with van der Waals surface area (Å²) in [6.45, 7) is 3.98. The molecule has 0 radical (unpaired) electrons. The van der Waals surface area contributed by atoms with Gasteiger partial charge in [0.25, 0.3) is 5.91 Å². The number of aromatic nitrogens is 2. The van der Waals surface area contributed by atoms with Crippen LogP contribution in [0.2, 0.25) is 0 Å². The number of anilines is 1. The lowest BCUT2D eigenvalue weighted by Crippen LogP contribution is -2.52. The number of nitrogens with one attached hydrogen (secondary N) is 1. The highest BCUT2D eigenvalue weighted by atomic mass is 32.2. The van der Waals surface area contributed by atoms with Crippen molar-refractivity contribution < 1.29 is 14.0 Å². The minimum atomic E-state index is -0.243. The highest BCUT2D eigenvalue weighted by Gasteiger charge is 2.29. The van der Waals surface area contributed by atoms with E-state index < -0.39 is 0 Å². The number of nitrogens with zero attached hydrogens (tertiary/aromatic N) is 4. The topological polar surface area (TPSA) is 91.6 Å². The summed E-state index contributed by atoms with van der Waals surface area (Å²) in [6, 6.07) is 3.86. The Morgan fingerprint density at radius 1 is 1.17 bits per heavy atom. The summed E-state index contributed by atoms with van der Waals surface area (Å²) < 4.78 is 5.99. The maximum absolute atomic E-state index is 12.9. The Hall–Kier alpha value is -2.07. The predicted octanol–water partition coefficient (Wildman–Crippen LogP) is 3.34. The molecule has 1 aliphatic carbocycles. The molecule has 1 saturated heterocycles. The molecule has 162 valence electrons. The van der Waals surface area contributed by atoms with E-state index in [1.807, 2.05) is 11.8 Å². The summed E-state index contributed by atoms with van der Waals surface area (Å²) in [5.41, 5.74) is 0. The number of furan rings is 1. The normalized spacial score (nSPS) is 19.0. The fraction of sp³-hybridized carbons (Fsp3) is 0.600. The van der Waals surface area contributed by atoms with Gasteiger partial charge in [0.2, 0.25) is 11.0 Å². The Morgan fingerprint density at radius 2 is 1.90 bits per heavy atom. The summed E-state index contributed by atoms with van der Waals surface area (Å²) in [6.07, 6.45) is 7.72. The highest BCUT2D eigenvalue weighted by molar-refractivity contribution is 8.02. The summed E-state index contributed by atoms with van der Waals surface area (Å²) in [5, 5.41) is 12.6. The Balaban J connectivity index is 1.24. The van der Waals surface area contributed by atoms with Crippen molar-refractivity contribution in [2.75, 3.05) is 31.5 Å². The van der Waals surface area contributed by atoms with Gasteiger partial charge in [0.05, 0.1) is 11.5 Å². The number of hydrogen-bond acceptors (Lipinski definition) is 8. The lowest BCUT2D eigenvalue weighted by Gasteiger charge is -2.35. The standard InChI is InChI=1S/C20H27N5O3S2/c1-14(29-20-23-22-19(30-20)21-15-6-3-2-4-7-15)17(26)24-9-11-25(12-10-24)18(27)16-8-5-13-28-16/h5,8,13-15H,2-4,6-7,9-12H2,1H3,(H,21,22)/t14-/m1/s1. The van der Waals surface area contributed by atoms with Crippen LogP contribution in [0.1, 0.15) is 49.6 Å². The van der Waals surface area contributed by atoms with E-state index in [0.717, 1.165) is 9.47 Å². The van der Waals surface area contributed by atoms with Crippen molar-refractivity contribution in [3.63, 3.8) is 0 Å². The van der Waals surface area contributed by atoms with Crippen LogP contribution >= 0.6 is 23.1 Å². The van der Waals surface area contributed by atoms with Crippen molar-refractivity contribution in [2.45, 2.75) is 54.7 Å². The van der Waals surface area contributed by atoms with Gasteiger partial charge >= 0.3 is 0 Å². The van der Waals surface area contributed by atoms with Crippen LogP contribution in [0.4, 0.5) is 5.13 Å². The smallest absolute Gasteiger partial charge is 0.289 e. The van der Waals surface area contributed by atoms with Crippen molar-refractivity contribution in [3.05, 3.63) is 24.2 Å². The number of amides is 2. The van der Waals surface area contributed by atoms with E-state index in [4.69, 9.17) is 4.42 Å². The number of carbonyl (C=O) groups excluding carboxylic acids is 2. The predicted molar refractivity (Wildman–Crippen MR) is 117 cm³/mol. The van der Waals surface area contributed by atoms with E-state index in [1.54, 1.807) is 17.0 Å². The fourth-order valence-corrected chi connectivity index (χ4v) is 5.94. The Labute approximate surface area is 184 Å². The SMILES string of the molecule is C[C@@H](Sc1nnc(NC2CCCCC2)s1)C(=O)N1CCN(C(=O)c2ccco2)CC1. The summed E-state index contributed by atoms with van der Waals surface area (Å²) >= 11 is 2.97. The molecule has 30 heavy (non-hydrogen) atoms. The van der Waals surface area contributed by atoms with E-state index >= 15 is 0 Å². The average molecular weight is 450 g/mol. The molecule has 0 aromatic carbocycles. The number of thioether (sulfide) groups is 1. The molecule has 4 rings (SSSR count). The molecular formula is C20H27N5O3S2. The van der Waals surface area contributed by atoms with Crippen LogP contribution in [0.3, 0.4) is 0 Å². The third kappa shape index (κ3) is 5.15. The van der Waals surface area contributed by atoms with Crippen LogP contribution in [0, 0.1) is 0 Å². The van der Waals surface area contributed by atoms with E-state index in [2.05, 4.69) is 15.5 Å². The van der Waals surface area contributed by atoms with Gasteiger partial charge in [-0.15, -0.1) is 10.2 Å². The van der Waals surface area contributed by atoms with Crippen LogP contribution in [0.15, 0.2) is 27.2 Å². The molecule has 8 nitrogen and oxygen atoms in total. The quantitative estimate of drug-likeness (QED) is 0.676. The van der Waals surface area contributed by atoms with Gasteiger partial charge in [0, 0.05) is 32.2 Å². The first-order chi connectivity index (χ1) is 14.6. The number of carbonyl (C=O) groups is 2. The first-order valence-electron chi connectivity index (χ1n) is 10.5. The minimum Gasteiger partial charge on any atom is -0.459 e.